The van der Waals surface area contributed by atoms with E-state index in [1.807, 2.05) is 4.90 Å². The molecule has 10 nitrogen and oxygen atoms in total. The number of fused-ring (bicyclic) bond motifs is 1. The molecule has 2 aromatic heterocycles. The topological polar surface area (TPSA) is 127 Å². The number of aromatic amines is 1. The predicted molar refractivity (Wildman–Crippen MR) is 105 cm³/mol. The number of carbonyl (C=O) groups excluding carboxylic acids is 2. The number of H-pyrrole nitrogens is 1. The zero-order chi connectivity index (χ0) is 20.2. The van der Waals surface area contributed by atoms with Crippen LogP contribution in [0.5, 0.6) is 0 Å². The molecule has 150 valence electrons. The Bertz CT molecular complexity index is 999. The second-order valence-corrected chi connectivity index (χ2v) is 6.70. The van der Waals surface area contributed by atoms with Crippen molar-refractivity contribution in [2.24, 2.45) is 0 Å². The first-order chi connectivity index (χ1) is 14.2. The number of piperazine rings is 1. The van der Waals surface area contributed by atoms with Gasteiger partial charge in [0, 0.05) is 44.1 Å². The summed E-state index contributed by atoms with van der Waals surface area (Å²) in [5.74, 6) is -0.108. The highest BCUT2D eigenvalue weighted by Gasteiger charge is 2.29. The molecule has 1 saturated heterocycles. The lowest BCUT2D eigenvalue weighted by molar-refractivity contribution is -0.134. The maximum atomic E-state index is 12.8. The van der Waals surface area contributed by atoms with Crippen LogP contribution < -0.4 is 10.2 Å². The number of nitrogens with zero attached hydrogens (tertiary/aromatic N) is 5. The number of carbonyl (C=O) groups is 2. The first-order valence-corrected chi connectivity index (χ1v) is 9.31. The highest BCUT2D eigenvalue weighted by atomic mass is 16.3. The van der Waals surface area contributed by atoms with Crippen molar-refractivity contribution in [2.75, 3.05) is 37.7 Å². The molecule has 0 bridgehead atoms. The minimum atomic E-state index is -1.00. The molecule has 3 N–H and O–H groups in total. The molecule has 0 unspecified atom stereocenters. The summed E-state index contributed by atoms with van der Waals surface area (Å²) in [5.41, 5.74) is 1.86. The van der Waals surface area contributed by atoms with Crippen LogP contribution in [0.15, 0.2) is 43.0 Å². The van der Waals surface area contributed by atoms with Crippen LogP contribution in [0.3, 0.4) is 0 Å². The molecule has 3 aromatic rings. The molecule has 3 heterocycles. The SMILES string of the molecule is O=C(N[C@@H](CO)C(=O)N1CCN(c2ncccn2)CC1)c1ccc2nc[nH]c2c1. The maximum Gasteiger partial charge on any atom is 0.252 e. The molecular weight excluding hydrogens is 374 g/mol. The fourth-order valence-electron chi connectivity index (χ4n) is 3.31. The second kappa shape index (κ2) is 8.23. The van der Waals surface area contributed by atoms with E-state index in [1.54, 1.807) is 47.9 Å². The zero-order valence-electron chi connectivity index (χ0n) is 15.7. The molecular formula is C19H21N7O3. The number of anilines is 1. The lowest BCUT2D eigenvalue weighted by Gasteiger charge is -2.36. The number of hydrogen-bond donors (Lipinski definition) is 3. The molecule has 1 aromatic carbocycles. The Morgan fingerprint density at radius 3 is 2.62 bits per heavy atom. The van der Waals surface area contributed by atoms with Gasteiger partial charge in [-0.1, -0.05) is 0 Å². The van der Waals surface area contributed by atoms with Crippen LogP contribution >= 0.6 is 0 Å². The van der Waals surface area contributed by atoms with Gasteiger partial charge in [-0.2, -0.15) is 0 Å². The third kappa shape index (κ3) is 4.02. The summed E-state index contributed by atoms with van der Waals surface area (Å²) in [4.78, 5) is 44.5. The van der Waals surface area contributed by atoms with Crippen LogP contribution in [0.1, 0.15) is 10.4 Å². The molecule has 1 atom stereocenters. The van der Waals surface area contributed by atoms with Gasteiger partial charge in [-0.05, 0) is 24.3 Å². The fourth-order valence-corrected chi connectivity index (χ4v) is 3.31. The van der Waals surface area contributed by atoms with Crippen molar-refractivity contribution >= 4 is 28.8 Å². The minimum Gasteiger partial charge on any atom is -0.394 e. The Labute approximate surface area is 166 Å². The third-order valence-electron chi connectivity index (χ3n) is 4.89. The van der Waals surface area contributed by atoms with Gasteiger partial charge in [0.1, 0.15) is 6.04 Å². The average Bonchev–Trinajstić information content (AvgIpc) is 3.25. The highest BCUT2D eigenvalue weighted by molar-refractivity contribution is 5.99. The van der Waals surface area contributed by atoms with E-state index < -0.39 is 18.6 Å². The molecule has 0 aliphatic carbocycles. The van der Waals surface area contributed by atoms with Crippen molar-refractivity contribution in [3.63, 3.8) is 0 Å². The molecule has 0 spiro atoms. The van der Waals surface area contributed by atoms with Gasteiger partial charge in [-0.3, -0.25) is 9.59 Å². The smallest absolute Gasteiger partial charge is 0.252 e. The maximum absolute atomic E-state index is 12.8. The van der Waals surface area contributed by atoms with Gasteiger partial charge < -0.3 is 25.2 Å². The Morgan fingerprint density at radius 1 is 1.14 bits per heavy atom. The van der Waals surface area contributed by atoms with Crippen LogP contribution in [0.25, 0.3) is 11.0 Å². The first-order valence-electron chi connectivity index (χ1n) is 9.31. The van der Waals surface area contributed by atoms with Crippen LogP contribution in [0.4, 0.5) is 5.95 Å². The molecule has 10 heteroatoms. The van der Waals surface area contributed by atoms with E-state index in [9.17, 15) is 14.7 Å². The van der Waals surface area contributed by atoms with Crippen molar-refractivity contribution in [1.29, 1.82) is 0 Å². The number of aliphatic hydroxyl groups is 1. The Balaban J connectivity index is 1.37. The number of amides is 2. The third-order valence-corrected chi connectivity index (χ3v) is 4.89. The molecule has 29 heavy (non-hydrogen) atoms. The van der Waals surface area contributed by atoms with E-state index in [0.29, 0.717) is 37.7 Å². The fraction of sp³-hybridized carbons (Fsp3) is 0.316. The highest BCUT2D eigenvalue weighted by Crippen LogP contribution is 2.13. The monoisotopic (exact) mass is 395 g/mol. The quantitative estimate of drug-likeness (QED) is 0.546. The van der Waals surface area contributed by atoms with Gasteiger partial charge in [-0.15, -0.1) is 0 Å². The number of imidazole rings is 1. The molecule has 4 rings (SSSR count). The van der Waals surface area contributed by atoms with E-state index in [1.165, 1.54) is 0 Å². The zero-order valence-corrected chi connectivity index (χ0v) is 15.7. The van der Waals surface area contributed by atoms with Gasteiger partial charge in [0.15, 0.2) is 0 Å². The number of hydrogen-bond acceptors (Lipinski definition) is 7. The van der Waals surface area contributed by atoms with Crippen molar-refractivity contribution in [1.82, 2.24) is 30.2 Å². The van der Waals surface area contributed by atoms with E-state index in [-0.39, 0.29) is 5.91 Å². The van der Waals surface area contributed by atoms with Gasteiger partial charge >= 0.3 is 0 Å². The minimum absolute atomic E-state index is 0.308. The second-order valence-electron chi connectivity index (χ2n) is 6.70. The number of nitrogens with one attached hydrogen (secondary N) is 2. The summed E-state index contributed by atoms with van der Waals surface area (Å²) >= 11 is 0. The van der Waals surface area contributed by atoms with E-state index in [4.69, 9.17) is 0 Å². The molecule has 2 amide bonds. The van der Waals surface area contributed by atoms with Gasteiger partial charge in [-0.25, -0.2) is 15.0 Å². The molecule has 1 aliphatic heterocycles. The summed E-state index contributed by atoms with van der Waals surface area (Å²) in [6, 6.07) is 5.77. The van der Waals surface area contributed by atoms with E-state index >= 15 is 0 Å². The van der Waals surface area contributed by atoms with Crippen molar-refractivity contribution in [2.45, 2.75) is 6.04 Å². The molecule has 0 saturated carbocycles. The molecule has 0 radical (unpaired) electrons. The number of aromatic nitrogens is 4. The lowest BCUT2D eigenvalue weighted by atomic mass is 10.1. The predicted octanol–water partition coefficient (Wildman–Crippen LogP) is -0.208. The summed E-state index contributed by atoms with van der Waals surface area (Å²) in [7, 11) is 0. The van der Waals surface area contributed by atoms with Crippen molar-refractivity contribution in [3.05, 3.63) is 48.5 Å². The summed E-state index contributed by atoms with van der Waals surface area (Å²) in [5, 5.41) is 12.3. The molecule has 1 aliphatic rings. The van der Waals surface area contributed by atoms with E-state index in [2.05, 4.69) is 25.3 Å². The summed E-state index contributed by atoms with van der Waals surface area (Å²) in [6.45, 7) is 1.61. The van der Waals surface area contributed by atoms with Gasteiger partial charge in [0.25, 0.3) is 5.91 Å². The molecule has 1 fully saturated rings. The van der Waals surface area contributed by atoms with Crippen molar-refractivity contribution < 1.29 is 14.7 Å². The standard InChI is InChI=1S/C19H21N7O3/c27-11-16(24-17(28)13-2-3-14-15(10-13)23-12-22-14)18(29)25-6-8-26(9-7-25)19-20-4-1-5-21-19/h1-5,10,12,16,27H,6-9,11H2,(H,22,23)(H,24,28)/t16-/m0/s1. The van der Waals surface area contributed by atoms with Gasteiger partial charge in [0.2, 0.25) is 11.9 Å². The average molecular weight is 395 g/mol. The normalized spacial score (nSPS) is 15.3. The Hall–Kier alpha value is -3.53. The van der Waals surface area contributed by atoms with E-state index in [0.717, 1.165) is 11.0 Å². The van der Waals surface area contributed by atoms with Gasteiger partial charge in [0.05, 0.1) is 24.0 Å². The summed E-state index contributed by atoms with van der Waals surface area (Å²) in [6.07, 6.45) is 4.90. The number of rotatable bonds is 5. The Morgan fingerprint density at radius 2 is 1.90 bits per heavy atom. The Kier molecular flexibility index (Phi) is 5.34. The van der Waals surface area contributed by atoms with Crippen LogP contribution in [-0.4, -0.2) is 80.6 Å². The van der Waals surface area contributed by atoms with Crippen LogP contribution in [0.2, 0.25) is 0 Å². The summed E-state index contributed by atoms with van der Waals surface area (Å²) < 4.78 is 0. The van der Waals surface area contributed by atoms with Crippen LogP contribution in [-0.2, 0) is 4.79 Å². The largest absolute Gasteiger partial charge is 0.394 e. The number of aliphatic hydroxyl groups excluding tert-OH is 1. The van der Waals surface area contributed by atoms with Crippen molar-refractivity contribution in [3.8, 4) is 0 Å². The number of benzene rings is 1. The lowest BCUT2D eigenvalue weighted by Crippen LogP contribution is -2.56. The first kappa shape index (κ1) is 18.8. The van der Waals surface area contributed by atoms with Crippen LogP contribution in [0, 0.1) is 0 Å².